The molecule has 12 heteroatoms. The second kappa shape index (κ2) is 11.8. The minimum atomic E-state index is -1.36. The highest BCUT2D eigenvalue weighted by Gasteiger charge is 2.39. The topological polar surface area (TPSA) is 147 Å². The Balaban J connectivity index is 1.66. The van der Waals surface area contributed by atoms with E-state index in [-0.39, 0.29) is 12.1 Å². The molecule has 1 fully saturated rings. The first-order chi connectivity index (χ1) is 17.1. The zero-order valence-electron chi connectivity index (χ0n) is 20.5. The highest BCUT2D eigenvalue weighted by Crippen LogP contribution is 2.16. The largest absolute Gasteiger partial charge is 0.619 e. The number of benzene rings is 1. The monoisotopic (exact) mass is 496 g/mol. The van der Waals surface area contributed by atoms with Crippen molar-refractivity contribution in [3.63, 3.8) is 0 Å². The number of aromatic nitrogens is 1. The molecular formula is C24H29BN4O7. The number of hydrogen-bond donors (Lipinski definition) is 3. The van der Waals surface area contributed by atoms with Gasteiger partial charge in [0.05, 0.1) is 18.2 Å². The van der Waals surface area contributed by atoms with Crippen molar-refractivity contribution in [3.8, 4) is 11.3 Å². The van der Waals surface area contributed by atoms with Crippen LogP contribution in [0.15, 0.2) is 48.5 Å². The summed E-state index contributed by atoms with van der Waals surface area (Å²) in [6.45, 7) is 4.52. The first kappa shape index (κ1) is 26.8. The van der Waals surface area contributed by atoms with E-state index in [1.165, 1.54) is 17.9 Å². The third-order valence-corrected chi connectivity index (χ3v) is 5.94. The first-order valence-electron chi connectivity index (χ1n) is 11.5. The summed E-state index contributed by atoms with van der Waals surface area (Å²) in [5.41, 5.74) is 1.45. The second-order valence-corrected chi connectivity index (χ2v) is 8.53. The minimum Gasteiger partial charge on any atom is -0.497 e. The molecule has 2 aromatic rings. The van der Waals surface area contributed by atoms with Crippen LogP contribution in [0.4, 0.5) is 0 Å². The summed E-state index contributed by atoms with van der Waals surface area (Å²) in [7, 11) is 0.238. The normalized spacial score (nSPS) is 20.3. The van der Waals surface area contributed by atoms with Crippen molar-refractivity contribution < 1.29 is 33.6 Å². The van der Waals surface area contributed by atoms with Crippen molar-refractivity contribution in [2.24, 2.45) is 0 Å². The average molecular weight is 496 g/mol. The van der Waals surface area contributed by atoms with Crippen LogP contribution in [0, 0.1) is 0 Å². The Morgan fingerprint density at radius 3 is 2.25 bits per heavy atom. The van der Waals surface area contributed by atoms with Crippen LogP contribution < -0.4 is 10.6 Å². The molecular weight excluding hydrogens is 467 g/mol. The molecule has 1 aromatic heterocycles. The Hall–Kier alpha value is -3.77. The van der Waals surface area contributed by atoms with Gasteiger partial charge in [-0.1, -0.05) is 36.4 Å². The SMILES string of the molecule is C[C@@H]1C(=O)OB(CNC(=O)C(NC(=O)c2cccc(-c3ccccc3)n2)[C@@H](C)O)OC(=O)[C@H](C)N1C. The van der Waals surface area contributed by atoms with Gasteiger partial charge in [-0.05, 0) is 40.0 Å². The van der Waals surface area contributed by atoms with Gasteiger partial charge in [0.2, 0.25) is 5.91 Å². The number of amides is 2. The zero-order valence-corrected chi connectivity index (χ0v) is 20.5. The fraction of sp³-hybridized carbons (Fsp3) is 0.375. The predicted octanol–water partition coefficient (Wildman–Crippen LogP) is 0.180. The van der Waals surface area contributed by atoms with E-state index in [1.54, 1.807) is 33.0 Å². The molecule has 1 aliphatic rings. The van der Waals surface area contributed by atoms with Crippen molar-refractivity contribution in [1.82, 2.24) is 20.5 Å². The van der Waals surface area contributed by atoms with E-state index in [0.29, 0.717) is 5.69 Å². The highest BCUT2D eigenvalue weighted by atomic mass is 16.6. The lowest BCUT2D eigenvalue weighted by molar-refractivity contribution is -0.153. The lowest BCUT2D eigenvalue weighted by Gasteiger charge is -2.32. The van der Waals surface area contributed by atoms with E-state index in [9.17, 15) is 24.3 Å². The Bertz CT molecular complexity index is 1090. The molecule has 2 amide bonds. The number of aliphatic hydroxyl groups is 1. The minimum absolute atomic E-state index is 0.0600. The first-order valence-corrected chi connectivity index (χ1v) is 11.5. The van der Waals surface area contributed by atoms with Gasteiger partial charge in [-0.25, -0.2) is 4.98 Å². The number of carbonyl (C=O) groups is 4. The molecule has 0 aliphatic carbocycles. The molecule has 1 unspecified atom stereocenters. The van der Waals surface area contributed by atoms with Crippen molar-refractivity contribution in [2.45, 2.75) is 45.0 Å². The molecule has 3 rings (SSSR count). The molecule has 0 spiro atoms. The molecule has 4 atom stereocenters. The molecule has 1 saturated heterocycles. The molecule has 3 N–H and O–H groups in total. The number of carbonyl (C=O) groups excluding carboxylic acids is 4. The van der Waals surface area contributed by atoms with Gasteiger partial charge < -0.3 is 25.0 Å². The summed E-state index contributed by atoms with van der Waals surface area (Å²) in [6.07, 6.45) is -1.62. The van der Waals surface area contributed by atoms with E-state index in [1.807, 2.05) is 30.3 Å². The number of rotatable bonds is 7. The lowest BCUT2D eigenvalue weighted by atomic mass is 9.88. The Kier molecular flexibility index (Phi) is 8.78. The summed E-state index contributed by atoms with van der Waals surface area (Å²) in [4.78, 5) is 56.0. The molecule has 2 heterocycles. The molecule has 1 aromatic carbocycles. The van der Waals surface area contributed by atoms with Gasteiger partial charge in [0.1, 0.15) is 23.8 Å². The zero-order chi connectivity index (χ0) is 26.4. The molecule has 190 valence electrons. The summed E-state index contributed by atoms with van der Waals surface area (Å²) < 4.78 is 10.4. The van der Waals surface area contributed by atoms with Crippen LogP contribution in [0.1, 0.15) is 31.3 Å². The molecule has 11 nitrogen and oxygen atoms in total. The van der Waals surface area contributed by atoms with Crippen molar-refractivity contribution in [1.29, 1.82) is 0 Å². The summed E-state index contributed by atoms with van der Waals surface area (Å²) in [6, 6.07) is 11.4. The Morgan fingerprint density at radius 1 is 1.06 bits per heavy atom. The van der Waals surface area contributed by atoms with Gasteiger partial charge in [0.15, 0.2) is 0 Å². The third-order valence-electron chi connectivity index (χ3n) is 5.94. The van der Waals surface area contributed by atoms with E-state index in [2.05, 4.69) is 15.6 Å². The Labute approximate surface area is 209 Å². The molecule has 0 bridgehead atoms. The number of hydrogen-bond acceptors (Lipinski definition) is 9. The van der Waals surface area contributed by atoms with Crippen LogP contribution in [0.2, 0.25) is 0 Å². The van der Waals surface area contributed by atoms with Gasteiger partial charge in [0.25, 0.3) is 5.91 Å². The lowest BCUT2D eigenvalue weighted by Crippen LogP contribution is -2.57. The third kappa shape index (κ3) is 6.46. The molecule has 0 radical (unpaired) electrons. The maximum absolute atomic E-state index is 12.8. The quantitative estimate of drug-likeness (QED) is 0.457. The van der Waals surface area contributed by atoms with E-state index >= 15 is 0 Å². The number of pyridine rings is 1. The predicted molar refractivity (Wildman–Crippen MR) is 130 cm³/mol. The van der Waals surface area contributed by atoms with Crippen LogP contribution >= 0.6 is 0 Å². The van der Waals surface area contributed by atoms with E-state index in [4.69, 9.17) is 9.31 Å². The van der Waals surface area contributed by atoms with Crippen molar-refractivity contribution in [2.75, 3.05) is 13.5 Å². The number of aliphatic hydroxyl groups excluding tert-OH is 1. The van der Waals surface area contributed by atoms with Crippen LogP contribution in [0.3, 0.4) is 0 Å². The van der Waals surface area contributed by atoms with Crippen LogP contribution in [-0.2, 0) is 23.7 Å². The fourth-order valence-electron chi connectivity index (χ4n) is 3.48. The molecule has 36 heavy (non-hydrogen) atoms. The summed E-state index contributed by atoms with van der Waals surface area (Å²) >= 11 is 0. The van der Waals surface area contributed by atoms with Crippen molar-refractivity contribution in [3.05, 3.63) is 54.2 Å². The van der Waals surface area contributed by atoms with Gasteiger partial charge in [-0.3, -0.25) is 24.1 Å². The van der Waals surface area contributed by atoms with Gasteiger partial charge in [-0.15, -0.1) is 0 Å². The van der Waals surface area contributed by atoms with Gasteiger partial charge in [0, 0.05) is 5.56 Å². The van der Waals surface area contributed by atoms with E-state index < -0.39 is 55.1 Å². The van der Waals surface area contributed by atoms with Crippen LogP contribution in [0.25, 0.3) is 11.3 Å². The van der Waals surface area contributed by atoms with Gasteiger partial charge in [-0.2, -0.15) is 0 Å². The Morgan fingerprint density at radius 2 is 1.67 bits per heavy atom. The average Bonchev–Trinajstić information content (AvgIpc) is 2.88. The second-order valence-electron chi connectivity index (χ2n) is 8.53. The number of likely N-dealkylation sites (N-methyl/N-ethyl adjacent to an activating group) is 1. The smallest absolute Gasteiger partial charge is 0.497 e. The summed E-state index contributed by atoms with van der Waals surface area (Å²) in [5, 5.41) is 15.1. The highest BCUT2D eigenvalue weighted by molar-refractivity contribution is 6.49. The standard InChI is InChI=1S/C24H29BN4O7/c1-14-23(33)35-25(36-24(34)15(2)29(14)4)13-26-22(32)20(16(3)30)28-21(31)19-12-8-11-18(27-19)17-9-6-5-7-10-17/h5-12,14-16,20,30H,13H2,1-4H3,(H,26,32)(H,28,31)/t14-,15+,16-,20?/m1/s1. The molecule has 1 aliphatic heterocycles. The van der Waals surface area contributed by atoms with Crippen LogP contribution in [-0.4, -0.2) is 83.6 Å². The fourth-order valence-corrected chi connectivity index (χ4v) is 3.48. The maximum Gasteiger partial charge on any atom is 0.619 e. The van der Waals surface area contributed by atoms with Crippen molar-refractivity contribution >= 4 is 30.9 Å². The van der Waals surface area contributed by atoms with E-state index in [0.717, 1.165) is 5.56 Å². The summed E-state index contributed by atoms with van der Waals surface area (Å²) in [5.74, 6) is -2.67. The number of nitrogens with one attached hydrogen (secondary N) is 2. The van der Waals surface area contributed by atoms with Crippen LogP contribution in [0.5, 0.6) is 0 Å². The van der Waals surface area contributed by atoms with Gasteiger partial charge >= 0.3 is 19.1 Å². The maximum atomic E-state index is 12.8. The molecule has 0 saturated carbocycles. The number of nitrogens with zero attached hydrogens (tertiary/aromatic N) is 2.